The first-order valence-electron chi connectivity index (χ1n) is 8.92. The van der Waals surface area contributed by atoms with Crippen molar-refractivity contribution in [3.8, 4) is 5.75 Å². The Morgan fingerprint density at radius 2 is 1.85 bits per heavy atom. The van der Waals surface area contributed by atoms with Crippen molar-refractivity contribution >= 4 is 32.6 Å². The monoisotopic (exact) mass is 485 g/mol. The highest BCUT2D eigenvalue weighted by Crippen LogP contribution is 2.28. The molecule has 2 aromatic carbocycles. The van der Waals surface area contributed by atoms with Crippen molar-refractivity contribution in [1.29, 1.82) is 0 Å². The van der Waals surface area contributed by atoms with E-state index in [4.69, 9.17) is 4.74 Å². The zero-order valence-electron chi connectivity index (χ0n) is 15.1. The molecule has 0 saturated heterocycles. The molecule has 0 spiro atoms. The van der Waals surface area contributed by atoms with Gasteiger partial charge < -0.3 is 4.74 Å². The number of sulfonamides is 1. The fourth-order valence-corrected chi connectivity index (χ4v) is 5.71. The van der Waals surface area contributed by atoms with Gasteiger partial charge in [-0.1, -0.05) is 25.1 Å². The number of aryl methyl sites for hydroxylation is 2. The molecule has 0 saturated carbocycles. The summed E-state index contributed by atoms with van der Waals surface area (Å²) in [5.41, 5.74) is 3.81. The number of ether oxygens (including phenoxy) is 1. The van der Waals surface area contributed by atoms with E-state index in [1.165, 1.54) is 24.0 Å². The minimum absolute atomic E-state index is 0.230. The molecule has 0 radical (unpaired) electrons. The summed E-state index contributed by atoms with van der Waals surface area (Å²) >= 11 is 2.09. The van der Waals surface area contributed by atoms with Gasteiger partial charge in [-0.15, -0.1) is 0 Å². The van der Waals surface area contributed by atoms with Gasteiger partial charge in [0.1, 0.15) is 5.75 Å². The van der Waals surface area contributed by atoms with Gasteiger partial charge in [0, 0.05) is 6.04 Å². The summed E-state index contributed by atoms with van der Waals surface area (Å²) in [4.78, 5) is 0.263. The van der Waals surface area contributed by atoms with E-state index in [-0.39, 0.29) is 10.9 Å². The maximum atomic E-state index is 12.9. The van der Waals surface area contributed by atoms with Crippen molar-refractivity contribution in [3.63, 3.8) is 0 Å². The Balaban J connectivity index is 1.86. The Labute approximate surface area is 169 Å². The molecule has 0 aliphatic heterocycles. The van der Waals surface area contributed by atoms with Crippen molar-refractivity contribution in [2.24, 2.45) is 0 Å². The van der Waals surface area contributed by atoms with Crippen molar-refractivity contribution in [2.75, 3.05) is 7.11 Å². The lowest BCUT2D eigenvalue weighted by Crippen LogP contribution is -2.28. The minimum atomic E-state index is -3.60. The molecule has 1 N–H and O–H groups in total. The third-order valence-electron chi connectivity index (χ3n) is 4.91. The normalized spacial score (nSPS) is 15.3. The predicted octanol–water partition coefficient (Wildman–Crippen LogP) is 4.61. The van der Waals surface area contributed by atoms with Gasteiger partial charge in [-0.3, -0.25) is 0 Å². The summed E-state index contributed by atoms with van der Waals surface area (Å²) in [6, 6.07) is 11.1. The number of rotatable bonds is 6. The molecule has 2 aromatic rings. The summed E-state index contributed by atoms with van der Waals surface area (Å²) in [6.45, 7) is 2.00. The number of hydrogen-bond donors (Lipinski definition) is 1. The van der Waals surface area contributed by atoms with Gasteiger partial charge >= 0.3 is 0 Å². The highest BCUT2D eigenvalue weighted by atomic mass is 127. The van der Waals surface area contributed by atoms with Crippen LogP contribution in [-0.2, 0) is 22.9 Å². The van der Waals surface area contributed by atoms with Crippen LogP contribution in [0.2, 0.25) is 0 Å². The van der Waals surface area contributed by atoms with E-state index in [0.29, 0.717) is 12.2 Å². The molecule has 0 heterocycles. The zero-order chi connectivity index (χ0) is 18.7. The van der Waals surface area contributed by atoms with Crippen LogP contribution in [0.4, 0.5) is 0 Å². The topological polar surface area (TPSA) is 55.4 Å². The molecule has 0 amide bonds. The van der Waals surface area contributed by atoms with Crippen molar-refractivity contribution in [2.45, 2.75) is 50.0 Å². The molecule has 140 valence electrons. The number of benzene rings is 2. The summed E-state index contributed by atoms with van der Waals surface area (Å²) in [5, 5.41) is 0. The van der Waals surface area contributed by atoms with Crippen LogP contribution < -0.4 is 9.46 Å². The number of hydrogen-bond acceptors (Lipinski definition) is 3. The molecule has 0 bridgehead atoms. The van der Waals surface area contributed by atoms with Gasteiger partial charge in [0.2, 0.25) is 10.0 Å². The van der Waals surface area contributed by atoms with E-state index in [9.17, 15) is 8.42 Å². The standard InChI is InChI=1S/C20H24INO3S/c1-3-19(16-9-8-14-6-4-5-7-15(14)12-16)22-26(23,24)17-10-11-20(25-2)18(21)13-17/h8-13,19,22H,3-7H2,1-2H3/t19-/m1/s1. The fourth-order valence-electron chi connectivity index (χ4n) is 3.43. The van der Waals surface area contributed by atoms with Gasteiger partial charge in [-0.2, -0.15) is 0 Å². The van der Waals surface area contributed by atoms with Crippen LogP contribution in [0.1, 0.15) is 48.9 Å². The molecular weight excluding hydrogens is 461 g/mol. The maximum absolute atomic E-state index is 12.9. The van der Waals surface area contributed by atoms with Gasteiger partial charge in [0.15, 0.2) is 0 Å². The van der Waals surface area contributed by atoms with Crippen LogP contribution in [0.25, 0.3) is 0 Å². The fraction of sp³-hybridized carbons (Fsp3) is 0.400. The van der Waals surface area contributed by atoms with E-state index in [0.717, 1.165) is 22.0 Å². The average molecular weight is 485 g/mol. The first-order valence-corrected chi connectivity index (χ1v) is 11.5. The van der Waals surface area contributed by atoms with Crippen LogP contribution in [0, 0.1) is 3.57 Å². The van der Waals surface area contributed by atoms with Gasteiger partial charge in [0.25, 0.3) is 0 Å². The van der Waals surface area contributed by atoms with Crippen LogP contribution in [0.15, 0.2) is 41.3 Å². The van der Waals surface area contributed by atoms with Crippen LogP contribution in [0.5, 0.6) is 5.75 Å². The molecule has 1 aliphatic rings. The van der Waals surface area contributed by atoms with Gasteiger partial charge in [-0.05, 0) is 89.6 Å². The number of nitrogens with one attached hydrogen (secondary N) is 1. The van der Waals surface area contributed by atoms with Gasteiger partial charge in [-0.25, -0.2) is 13.1 Å². The number of fused-ring (bicyclic) bond motifs is 1. The summed E-state index contributed by atoms with van der Waals surface area (Å²) < 4.78 is 34.6. The molecule has 1 aliphatic carbocycles. The lowest BCUT2D eigenvalue weighted by Gasteiger charge is -2.22. The highest BCUT2D eigenvalue weighted by molar-refractivity contribution is 14.1. The molecule has 0 unspecified atom stereocenters. The Morgan fingerprint density at radius 1 is 1.12 bits per heavy atom. The molecule has 3 rings (SSSR count). The lowest BCUT2D eigenvalue weighted by atomic mass is 9.89. The summed E-state index contributed by atoms with van der Waals surface area (Å²) in [7, 11) is -2.02. The largest absolute Gasteiger partial charge is 0.496 e. The van der Waals surface area contributed by atoms with E-state index >= 15 is 0 Å². The maximum Gasteiger partial charge on any atom is 0.241 e. The second-order valence-corrected chi connectivity index (χ2v) is 9.49. The van der Waals surface area contributed by atoms with Gasteiger partial charge in [0.05, 0.1) is 15.6 Å². The quantitative estimate of drug-likeness (QED) is 0.609. The molecular formula is C20H24INO3S. The van der Waals surface area contributed by atoms with Crippen molar-refractivity contribution < 1.29 is 13.2 Å². The second kappa shape index (κ2) is 8.27. The Hall–Kier alpha value is -1.12. The highest BCUT2D eigenvalue weighted by Gasteiger charge is 2.22. The molecule has 1 atom stereocenters. The Bertz CT molecular complexity index is 896. The number of methoxy groups -OCH3 is 1. The molecule has 4 nitrogen and oxygen atoms in total. The Kier molecular flexibility index (Phi) is 6.25. The molecule has 0 fully saturated rings. The third kappa shape index (κ3) is 4.23. The van der Waals surface area contributed by atoms with E-state index in [2.05, 4.69) is 45.5 Å². The zero-order valence-corrected chi connectivity index (χ0v) is 18.1. The SMILES string of the molecule is CC[C@@H](NS(=O)(=O)c1ccc(OC)c(I)c1)c1ccc2c(c1)CCCC2. The third-order valence-corrected chi connectivity index (χ3v) is 7.23. The van der Waals surface area contributed by atoms with E-state index < -0.39 is 10.0 Å². The molecule has 6 heteroatoms. The first-order chi connectivity index (χ1) is 12.4. The Morgan fingerprint density at radius 3 is 2.50 bits per heavy atom. The number of halogens is 1. The van der Waals surface area contributed by atoms with E-state index in [1.807, 2.05) is 6.92 Å². The first kappa shape index (κ1) is 19.6. The average Bonchev–Trinajstić information content (AvgIpc) is 2.65. The van der Waals surface area contributed by atoms with E-state index in [1.54, 1.807) is 25.3 Å². The van der Waals surface area contributed by atoms with Crippen LogP contribution in [0.3, 0.4) is 0 Å². The summed E-state index contributed by atoms with van der Waals surface area (Å²) in [6.07, 6.45) is 5.37. The summed E-state index contributed by atoms with van der Waals surface area (Å²) in [5.74, 6) is 0.672. The van der Waals surface area contributed by atoms with Crippen molar-refractivity contribution in [1.82, 2.24) is 4.72 Å². The lowest BCUT2D eigenvalue weighted by molar-refractivity contribution is 0.411. The molecule has 0 aromatic heterocycles. The van der Waals surface area contributed by atoms with Crippen LogP contribution in [-0.4, -0.2) is 15.5 Å². The minimum Gasteiger partial charge on any atom is -0.496 e. The predicted molar refractivity (Wildman–Crippen MR) is 112 cm³/mol. The molecule has 26 heavy (non-hydrogen) atoms. The van der Waals surface area contributed by atoms with Crippen molar-refractivity contribution in [3.05, 3.63) is 56.7 Å². The van der Waals surface area contributed by atoms with Crippen LogP contribution >= 0.6 is 22.6 Å². The smallest absolute Gasteiger partial charge is 0.241 e. The second-order valence-electron chi connectivity index (χ2n) is 6.61.